The van der Waals surface area contributed by atoms with Crippen molar-refractivity contribution in [3.63, 3.8) is 0 Å². The molecule has 0 N–H and O–H groups in total. The van der Waals surface area contributed by atoms with Crippen LogP contribution in [0.2, 0.25) is 0 Å². The molecule has 0 aliphatic carbocycles. The predicted octanol–water partition coefficient (Wildman–Crippen LogP) is 3.89. The van der Waals surface area contributed by atoms with Gasteiger partial charge < -0.3 is 0 Å². The zero-order chi connectivity index (χ0) is 15.6. The van der Waals surface area contributed by atoms with Crippen LogP contribution in [0.15, 0.2) is 34.5 Å². The molecule has 0 saturated carbocycles. The molecule has 0 amide bonds. The molecule has 21 heavy (non-hydrogen) atoms. The molecular formula is C12H11N5O2S2. The van der Waals surface area contributed by atoms with Gasteiger partial charge in [-0.15, -0.1) is 17.7 Å². The van der Waals surface area contributed by atoms with Crippen LogP contribution in [-0.2, 0) is 0 Å². The SMILES string of the molecule is Cc1nn(C(=S)S)c(C)c1N=Nc1ccc([N+](=O)[O-])cc1. The molecule has 1 heterocycles. The monoisotopic (exact) mass is 321 g/mol. The largest absolute Gasteiger partial charge is 0.269 e. The van der Waals surface area contributed by atoms with Gasteiger partial charge in [-0.3, -0.25) is 10.1 Å². The lowest BCUT2D eigenvalue weighted by molar-refractivity contribution is -0.384. The van der Waals surface area contributed by atoms with E-state index >= 15 is 0 Å². The van der Waals surface area contributed by atoms with Crippen molar-refractivity contribution in [2.45, 2.75) is 13.8 Å². The van der Waals surface area contributed by atoms with Crippen molar-refractivity contribution in [2.75, 3.05) is 0 Å². The summed E-state index contributed by atoms with van der Waals surface area (Å²) in [5.41, 5.74) is 2.53. The second-order valence-corrected chi connectivity index (χ2v) is 5.30. The summed E-state index contributed by atoms with van der Waals surface area (Å²) in [6.07, 6.45) is 0. The van der Waals surface area contributed by atoms with E-state index < -0.39 is 4.92 Å². The van der Waals surface area contributed by atoms with Gasteiger partial charge in [0.05, 0.1) is 22.0 Å². The van der Waals surface area contributed by atoms with Gasteiger partial charge >= 0.3 is 0 Å². The molecule has 0 spiro atoms. The average molecular weight is 321 g/mol. The van der Waals surface area contributed by atoms with Crippen molar-refractivity contribution in [2.24, 2.45) is 10.2 Å². The van der Waals surface area contributed by atoms with Crippen LogP contribution in [0.3, 0.4) is 0 Å². The maximum absolute atomic E-state index is 10.6. The number of non-ortho nitro benzene ring substituents is 1. The van der Waals surface area contributed by atoms with Gasteiger partial charge in [0.1, 0.15) is 5.69 Å². The fraction of sp³-hybridized carbons (Fsp3) is 0.167. The Hall–Kier alpha value is -2.13. The Bertz CT molecular complexity index is 737. The molecular weight excluding hydrogens is 310 g/mol. The van der Waals surface area contributed by atoms with Crippen molar-refractivity contribution in [3.8, 4) is 0 Å². The first-order chi connectivity index (χ1) is 9.90. The summed E-state index contributed by atoms with van der Waals surface area (Å²) in [7, 11) is 0. The van der Waals surface area contributed by atoms with Crippen LogP contribution < -0.4 is 0 Å². The lowest BCUT2D eigenvalue weighted by Crippen LogP contribution is -2.05. The van der Waals surface area contributed by atoms with Crippen molar-refractivity contribution in [3.05, 3.63) is 45.8 Å². The number of nitrogens with zero attached hydrogens (tertiary/aromatic N) is 5. The first kappa shape index (κ1) is 15.3. The summed E-state index contributed by atoms with van der Waals surface area (Å²) in [6, 6.07) is 5.81. The minimum atomic E-state index is -0.465. The van der Waals surface area contributed by atoms with Crippen molar-refractivity contribution in [1.82, 2.24) is 9.78 Å². The second kappa shape index (κ2) is 6.10. The van der Waals surface area contributed by atoms with Gasteiger partial charge in [0, 0.05) is 12.1 Å². The Labute approximate surface area is 131 Å². The van der Waals surface area contributed by atoms with Gasteiger partial charge in [0.15, 0.2) is 4.32 Å². The topological polar surface area (TPSA) is 85.7 Å². The number of nitro groups is 1. The van der Waals surface area contributed by atoms with Gasteiger partial charge in [-0.1, -0.05) is 12.2 Å². The van der Waals surface area contributed by atoms with Crippen LogP contribution in [-0.4, -0.2) is 19.0 Å². The third kappa shape index (κ3) is 3.31. The lowest BCUT2D eigenvalue weighted by atomic mass is 10.3. The molecule has 1 aromatic carbocycles. The van der Waals surface area contributed by atoms with Crippen molar-refractivity contribution in [1.29, 1.82) is 0 Å². The van der Waals surface area contributed by atoms with E-state index in [4.69, 9.17) is 12.2 Å². The summed E-state index contributed by atoms with van der Waals surface area (Å²) in [5.74, 6) is 0. The summed E-state index contributed by atoms with van der Waals surface area (Å²) in [6.45, 7) is 3.60. The summed E-state index contributed by atoms with van der Waals surface area (Å²) < 4.78 is 1.82. The summed E-state index contributed by atoms with van der Waals surface area (Å²) >= 11 is 9.05. The van der Waals surface area contributed by atoms with E-state index in [-0.39, 0.29) is 5.69 Å². The molecule has 0 aliphatic rings. The van der Waals surface area contributed by atoms with Crippen LogP contribution in [0.4, 0.5) is 17.1 Å². The van der Waals surface area contributed by atoms with E-state index in [9.17, 15) is 10.1 Å². The van der Waals surface area contributed by atoms with E-state index in [2.05, 4.69) is 28.0 Å². The molecule has 2 rings (SSSR count). The average Bonchev–Trinajstić information content (AvgIpc) is 2.72. The lowest BCUT2D eigenvalue weighted by Gasteiger charge is -1.98. The zero-order valence-electron chi connectivity index (χ0n) is 11.2. The summed E-state index contributed by atoms with van der Waals surface area (Å²) in [4.78, 5) is 10.1. The number of rotatable bonds is 3. The quantitative estimate of drug-likeness (QED) is 0.305. The van der Waals surface area contributed by atoms with Crippen molar-refractivity contribution < 1.29 is 4.92 Å². The number of hydrogen-bond acceptors (Lipinski definition) is 6. The van der Waals surface area contributed by atoms with E-state index in [1.165, 1.54) is 28.9 Å². The Kier molecular flexibility index (Phi) is 4.43. The number of aryl methyl sites for hydroxylation is 1. The molecule has 0 aliphatic heterocycles. The van der Waals surface area contributed by atoms with Crippen LogP contribution in [0, 0.1) is 24.0 Å². The van der Waals surface area contributed by atoms with E-state index in [0.29, 0.717) is 21.4 Å². The third-order valence-corrected chi connectivity index (χ3v) is 3.12. The highest BCUT2D eigenvalue weighted by Crippen LogP contribution is 2.26. The molecule has 0 atom stereocenters. The fourth-order valence-electron chi connectivity index (χ4n) is 1.71. The van der Waals surface area contributed by atoms with Crippen LogP contribution in [0.5, 0.6) is 0 Å². The molecule has 7 nitrogen and oxygen atoms in total. The highest BCUT2D eigenvalue weighted by atomic mass is 32.1. The Morgan fingerprint density at radius 3 is 2.43 bits per heavy atom. The van der Waals surface area contributed by atoms with Gasteiger partial charge in [-0.05, 0) is 26.0 Å². The van der Waals surface area contributed by atoms with E-state index in [1.807, 2.05) is 6.92 Å². The molecule has 9 heteroatoms. The molecule has 2 aromatic rings. The predicted molar refractivity (Wildman–Crippen MR) is 86.0 cm³/mol. The molecule has 0 fully saturated rings. The molecule has 108 valence electrons. The standard InChI is InChI=1S/C12H11N5O2S2/c1-7-11(8(2)16(15-7)12(20)21)14-13-9-3-5-10(6-4-9)17(18)19/h3-6H,1-2H3,(H,20,21). The molecule has 0 saturated heterocycles. The Morgan fingerprint density at radius 2 is 1.95 bits per heavy atom. The fourth-order valence-corrected chi connectivity index (χ4v) is 2.09. The normalized spacial score (nSPS) is 11.0. The highest BCUT2D eigenvalue weighted by Gasteiger charge is 2.12. The number of hydrogen-bond donors (Lipinski definition) is 1. The number of benzene rings is 1. The number of aromatic nitrogens is 2. The second-order valence-electron chi connectivity index (χ2n) is 4.19. The molecule has 0 radical (unpaired) electrons. The van der Waals surface area contributed by atoms with Crippen LogP contribution in [0.1, 0.15) is 11.4 Å². The first-order valence-corrected chi connectivity index (χ1v) is 6.71. The minimum absolute atomic E-state index is 0.00885. The number of thiol groups is 1. The van der Waals surface area contributed by atoms with Gasteiger partial charge in [-0.2, -0.15) is 10.2 Å². The molecule has 0 unspecified atom stereocenters. The molecule has 1 aromatic heterocycles. The highest BCUT2D eigenvalue weighted by molar-refractivity contribution is 8.11. The van der Waals surface area contributed by atoms with E-state index in [0.717, 1.165) is 5.69 Å². The minimum Gasteiger partial charge on any atom is -0.258 e. The maximum Gasteiger partial charge on any atom is 0.269 e. The van der Waals surface area contributed by atoms with Gasteiger partial charge in [0.2, 0.25) is 0 Å². The number of azo groups is 1. The van der Waals surface area contributed by atoms with E-state index in [1.54, 1.807) is 6.92 Å². The van der Waals surface area contributed by atoms with Crippen molar-refractivity contribution >= 4 is 46.2 Å². The van der Waals surface area contributed by atoms with Gasteiger partial charge in [0.25, 0.3) is 5.69 Å². The van der Waals surface area contributed by atoms with Crippen LogP contribution in [0.25, 0.3) is 0 Å². The van der Waals surface area contributed by atoms with Gasteiger partial charge in [-0.25, -0.2) is 4.68 Å². The number of thiocarbonyl (C=S) groups is 1. The smallest absolute Gasteiger partial charge is 0.258 e. The maximum atomic E-state index is 10.6. The Balaban J connectivity index is 2.29. The molecule has 0 bridgehead atoms. The number of nitro benzene ring substituents is 1. The third-order valence-electron chi connectivity index (χ3n) is 2.76. The summed E-state index contributed by atoms with van der Waals surface area (Å²) in [5, 5.41) is 23.0. The van der Waals surface area contributed by atoms with Crippen LogP contribution >= 0.6 is 24.8 Å². The first-order valence-electron chi connectivity index (χ1n) is 5.86. The zero-order valence-corrected chi connectivity index (χ0v) is 12.9. The Morgan fingerprint density at radius 1 is 1.33 bits per heavy atom.